The molecule has 0 saturated heterocycles. The first-order valence-corrected chi connectivity index (χ1v) is 6.92. The monoisotopic (exact) mass is 327 g/mol. The molecule has 0 radical (unpaired) electrons. The third-order valence-electron chi connectivity index (χ3n) is 2.69. The normalized spacial score (nSPS) is 10.4. The van der Waals surface area contributed by atoms with Crippen molar-refractivity contribution in [3.63, 3.8) is 0 Å². The summed E-state index contributed by atoms with van der Waals surface area (Å²) in [6.07, 6.45) is -4.59. The number of halogens is 3. The number of hydrogen-bond acceptors (Lipinski definition) is 3. The zero-order chi connectivity index (χ0) is 17.3. The maximum atomic E-state index is 12.7. The van der Waals surface area contributed by atoms with Crippen molar-refractivity contribution in [1.82, 2.24) is 5.32 Å². The minimum atomic E-state index is -4.48. The predicted octanol–water partition coefficient (Wildman–Crippen LogP) is 2.52. The molecule has 0 bridgehead atoms. The molecule has 0 heterocycles. The lowest BCUT2D eigenvalue weighted by atomic mass is 10.1. The van der Waals surface area contributed by atoms with Crippen LogP contribution in [0.2, 0.25) is 0 Å². The van der Waals surface area contributed by atoms with E-state index < -0.39 is 23.6 Å². The number of alkyl halides is 3. The van der Waals surface area contributed by atoms with Gasteiger partial charge in [0.05, 0.1) is 25.1 Å². The molecule has 0 aliphatic rings. The Bertz CT molecular complexity index is 615. The second kappa shape index (κ2) is 8.83. The summed E-state index contributed by atoms with van der Waals surface area (Å²) in [6, 6.07) is 4.95. The molecular formula is C16H16F3NO3. The van der Waals surface area contributed by atoms with E-state index in [-0.39, 0.29) is 31.6 Å². The topological polar surface area (TPSA) is 55.4 Å². The molecule has 4 nitrogen and oxygen atoms in total. The number of carbonyl (C=O) groups is 2. The van der Waals surface area contributed by atoms with Crippen molar-refractivity contribution in [1.29, 1.82) is 0 Å². The van der Waals surface area contributed by atoms with Crippen LogP contribution in [0.3, 0.4) is 0 Å². The van der Waals surface area contributed by atoms with Gasteiger partial charge < -0.3 is 10.1 Å². The number of carbonyl (C=O) groups excluding carboxylic acids is 2. The number of esters is 1. The second-order valence-corrected chi connectivity index (χ2v) is 4.43. The van der Waals surface area contributed by atoms with Crippen LogP contribution in [0.1, 0.15) is 30.9 Å². The number of rotatable bonds is 5. The summed E-state index contributed by atoms with van der Waals surface area (Å²) in [5.74, 6) is 3.94. The molecule has 1 amide bonds. The van der Waals surface area contributed by atoms with E-state index in [4.69, 9.17) is 0 Å². The summed E-state index contributed by atoms with van der Waals surface area (Å²) in [4.78, 5) is 22.5. The maximum Gasteiger partial charge on any atom is 0.417 e. The van der Waals surface area contributed by atoms with Gasteiger partial charge in [-0.25, -0.2) is 0 Å². The molecule has 23 heavy (non-hydrogen) atoms. The molecule has 0 aliphatic carbocycles. The van der Waals surface area contributed by atoms with Crippen molar-refractivity contribution < 1.29 is 27.5 Å². The van der Waals surface area contributed by atoms with Gasteiger partial charge >= 0.3 is 12.1 Å². The number of amides is 1. The largest absolute Gasteiger partial charge is 0.466 e. The molecule has 0 atom stereocenters. The van der Waals surface area contributed by atoms with Crippen LogP contribution in [0.25, 0.3) is 0 Å². The molecule has 0 aromatic heterocycles. The molecule has 7 heteroatoms. The Morgan fingerprint density at radius 3 is 2.57 bits per heavy atom. The van der Waals surface area contributed by atoms with Crippen molar-refractivity contribution in [2.45, 2.75) is 25.9 Å². The molecule has 0 fully saturated rings. The van der Waals surface area contributed by atoms with Gasteiger partial charge in [-0.05, 0) is 19.1 Å². The minimum Gasteiger partial charge on any atom is -0.466 e. The molecule has 1 N–H and O–H groups in total. The van der Waals surface area contributed by atoms with Crippen LogP contribution in [-0.2, 0) is 20.5 Å². The average Bonchev–Trinajstić information content (AvgIpc) is 2.49. The molecule has 0 aliphatic heterocycles. The zero-order valence-corrected chi connectivity index (χ0v) is 12.5. The Labute approximate surface area is 132 Å². The Balaban J connectivity index is 2.50. The van der Waals surface area contributed by atoms with Crippen LogP contribution < -0.4 is 5.32 Å². The van der Waals surface area contributed by atoms with Crippen LogP contribution in [0.4, 0.5) is 13.2 Å². The lowest BCUT2D eigenvalue weighted by Gasteiger charge is -2.08. The van der Waals surface area contributed by atoms with E-state index in [1.807, 2.05) is 0 Å². The maximum absolute atomic E-state index is 12.7. The average molecular weight is 327 g/mol. The Morgan fingerprint density at radius 2 is 1.91 bits per heavy atom. The Morgan fingerprint density at radius 1 is 1.22 bits per heavy atom. The highest BCUT2D eigenvalue weighted by molar-refractivity contribution is 5.81. The first-order valence-electron chi connectivity index (χ1n) is 6.92. The van der Waals surface area contributed by atoms with Crippen molar-refractivity contribution in [3.05, 3.63) is 35.4 Å². The van der Waals surface area contributed by atoms with Gasteiger partial charge in [-0.3, -0.25) is 9.59 Å². The number of benzene rings is 1. The van der Waals surface area contributed by atoms with Gasteiger partial charge in [0.1, 0.15) is 0 Å². The fourth-order valence-corrected chi connectivity index (χ4v) is 1.66. The third kappa shape index (κ3) is 6.87. The molecule has 0 unspecified atom stereocenters. The highest BCUT2D eigenvalue weighted by Crippen LogP contribution is 2.31. The van der Waals surface area contributed by atoms with Gasteiger partial charge in [-0.2, -0.15) is 13.2 Å². The summed E-state index contributed by atoms with van der Waals surface area (Å²) >= 11 is 0. The van der Waals surface area contributed by atoms with E-state index in [9.17, 15) is 22.8 Å². The number of ether oxygens (including phenoxy) is 1. The van der Waals surface area contributed by atoms with E-state index in [2.05, 4.69) is 21.9 Å². The van der Waals surface area contributed by atoms with Crippen molar-refractivity contribution in [3.8, 4) is 11.8 Å². The summed E-state index contributed by atoms with van der Waals surface area (Å²) in [5.41, 5.74) is -0.970. The quantitative estimate of drug-likeness (QED) is 0.668. The van der Waals surface area contributed by atoms with Crippen LogP contribution in [0.15, 0.2) is 24.3 Å². The van der Waals surface area contributed by atoms with E-state index in [1.165, 1.54) is 18.2 Å². The molecule has 0 saturated carbocycles. The van der Waals surface area contributed by atoms with Crippen LogP contribution in [-0.4, -0.2) is 25.0 Å². The fraction of sp³-hybridized carbons (Fsp3) is 0.375. The van der Waals surface area contributed by atoms with E-state index in [1.54, 1.807) is 6.92 Å². The molecule has 1 aromatic rings. The summed E-state index contributed by atoms with van der Waals surface area (Å²) in [7, 11) is 0. The van der Waals surface area contributed by atoms with Gasteiger partial charge in [0.2, 0.25) is 5.91 Å². The van der Waals surface area contributed by atoms with Crippen molar-refractivity contribution >= 4 is 11.9 Å². The van der Waals surface area contributed by atoms with Gasteiger partial charge in [-0.15, -0.1) is 0 Å². The molecule has 0 spiro atoms. The van der Waals surface area contributed by atoms with E-state index in [0.717, 1.165) is 6.07 Å². The van der Waals surface area contributed by atoms with Crippen LogP contribution in [0, 0.1) is 11.8 Å². The van der Waals surface area contributed by atoms with Crippen molar-refractivity contribution in [2.24, 2.45) is 0 Å². The fourth-order valence-electron chi connectivity index (χ4n) is 1.66. The lowest BCUT2D eigenvalue weighted by molar-refractivity contribution is -0.144. The van der Waals surface area contributed by atoms with Gasteiger partial charge in [0.25, 0.3) is 0 Å². The number of nitrogens with one attached hydrogen (secondary N) is 1. The summed E-state index contributed by atoms with van der Waals surface area (Å²) in [6.45, 7) is 1.80. The Kier molecular flexibility index (Phi) is 7.13. The highest BCUT2D eigenvalue weighted by Gasteiger charge is 2.32. The van der Waals surface area contributed by atoms with E-state index in [0.29, 0.717) is 0 Å². The smallest absolute Gasteiger partial charge is 0.417 e. The second-order valence-electron chi connectivity index (χ2n) is 4.43. The standard InChI is InChI=1S/C16H16F3NO3/c1-2-23-15(22)10-9-14(21)20-11-5-7-12-6-3-4-8-13(12)16(17,18)19/h3-4,6,8H,2,9-11H2,1H3,(H,20,21). The van der Waals surface area contributed by atoms with Gasteiger partial charge in [-0.1, -0.05) is 24.0 Å². The minimum absolute atomic E-state index is 0.0516. The van der Waals surface area contributed by atoms with Gasteiger partial charge in [0, 0.05) is 12.0 Å². The third-order valence-corrected chi connectivity index (χ3v) is 2.69. The van der Waals surface area contributed by atoms with Crippen LogP contribution in [0.5, 0.6) is 0 Å². The number of hydrogen-bond donors (Lipinski definition) is 1. The SMILES string of the molecule is CCOC(=O)CCC(=O)NCC#Cc1ccccc1C(F)(F)F. The zero-order valence-electron chi connectivity index (χ0n) is 12.5. The first-order chi connectivity index (χ1) is 10.8. The molecule has 124 valence electrons. The van der Waals surface area contributed by atoms with Crippen molar-refractivity contribution in [2.75, 3.05) is 13.2 Å². The molecular weight excluding hydrogens is 311 g/mol. The van der Waals surface area contributed by atoms with Gasteiger partial charge in [0.15, 0.2) is 0 Å². The predicted molar refractivity (Wildman–Crippen MR) is 77.2 cm³/mol. The molecule has 1 aromatic carbocycles. The molecule has 1 rings (SSSR count). The summed E-state index contributed by atoms with van der Waals surface area (Å²) < 4.78 is 42.9. The van der Waals surface area contributed by atoms with E-state index >= 15 is 0 Å². The Hall–Kier alpha value is -2.49. The summed E-state index contributed by atoms with van der Waals surface area (Å²) in [5, 5.41) is 2.41. The van der Waals surface area contributed by atoms with Crippen LogP contribution >= 0.6 is 0 Å². The highest BCUT2D eigenvalue weighted by atomic mass is 19.4. The lowest BCUT2D eigenvalue weighted by Crippen LogP contribution is -2.24. The first kappa shape index (κ1) is 18.6.